The third kappa shape index (κ3) is 4.60. The molecule has 0 aliphatic heterocycles. The zero-order chi connectivity index (χ0) is 15.9. The van der Waals surface area contributed by atoms with Crippen LogP contribution in [0.3, 0.4) is 0 Å². The van der Waals surface area contributed by atoms with Crippen LogP contribution in [0.1, 0.15) is 28.4 Å². The minimum atomic E-state index is -0.910. The molecule has 0 bridgehead atoms. The molecule has 0 saturated heterocycles. The number of carboxylic acid groups (broad SMARTS) is 1. The lowest BCUT2D eigenvalue weighted by molar-refractivity contribution is 0.0697. The lowest BCUT2D eigenvalue weighted by Gasteiger charge is -2.10. The zero-order valence-corrected chi connectivity index (χ0v) is 12.9. The van der Waals surface area contributed by atoms with E-state index in [9.17, 15) is 4.79 Å². The number of rotatable bonds is 7. The molecule has 0 fully saturated rings. The number of carbonyl (C=O) groups is 1. The largest absolute Gasteiger partial charge is 0.478 e. The lowest BCUT2D eigenvalue weighted by Crippen LogP contribution is -2.08. The van der Waals surface area contributed by atoms with Crippen molar-refractivity contribution in [2.45, 2.75) is 26.0 Å². The van der Waals surface area contributed by atoms with Gasteiger partial charge in [0.1, 0.15) is 0 Å². The van der Waals surface area contributed by atoms with Crippen LogP contribution in [0.2, 0.25) is 0 Å². The number of hydrogen-bond acceptors (Lipinski definition) is 3. The summed E-state index contributed by atoms with van der Waals surface area (Å²) >= 11 is 0. The van der Waals surface area contributed by atoms with Crippen LogP contribution < -0.4 is 5.32 Å². The molecule has 0 aromatic heterocycles. The molecule has 22 heavy (non-hydrogen) atoms. The second-order valence-corrected chi connectivity index (χ2v) is 5.30. The fraction of sp³-hybridized carbons (Fsp3) is 0.278. The third-order valence-corrected chi connectivity index (χ3v) is 3.58. The molecule has 2 aromatic rings. The summed E-state index contributed by atoms with van der Waals surface area (Å²) in [5.74, 6) is -0.910. The first kappa shape index (κ1) is 16.0. The molecule has 4 nitrogen and oxygen atoms in total. The Morgan fingerprint density at radius 3 is 2.23 bits per heavy atom. The van der Waals surface area contributed by atoms with Gasteiger partial charge in [-0.05, 0) is 48.7 Å². The minimum absolute atomic E-state index is 0.219. The van der Waals surface area contributed by atoms with Crippen molar-refractivity contribution < 1.29 is 14.6 Å². The molecule has 0 spiro atoms. The summed E-state index contributed by atoms with van der Waals surface area (Å²) < 4.78 is 5.26. The van der Waals surface area contributed by atoms with Gasteiger partial charge in [0.2, 0.25) is 0 Å². The number of nitrogens with one attached hydrogen (secondary N) is 1. The van der Waals surface area contributed by atoms with Gasteiger partial charge in [0, 0.05) is 19.3 Å². The monoisotopic (exact) mass is 299 g/mol. The number of anilines is 1. The highest BCUT2D eigenvalue weighted by atomic mass is 16.5. The summed E-state index contributed by atoms with van der Waals surface area (Å²) in [5, 5.41) is 12.1. The molecule has 4 heteroatoms. The fourth-order valence-corrected chi connectivity index (χ4v) is 2.14. The van der Waals surface area contributed by atoms with Gasteiger partial charge in [0.25, 0.3) is 0 Å². The summed E-state index contributed by atoms with van der Waals surface area (Å²) in [4.78, 5) is 10.8. The van der Waals surface area contributed by atoms with Gasteiger partial charge in [0.15, 0.2) is 0 Å². The fourth-order valence-electron chi connectivity index (χ4n) is 2.14. The van der Waals surface area contributed by atoms with E-state index >= 15 is 0 Å². The Balaban J connectivity index is 1.90. The van der Waals surface area contributed by atoms with Gasteiger partial charge in [-0.2, -0.15) is 0 Å². The molecule has 2 N–H and O–H groups in total. The highest BCUT2D eigenvalue weighted by molar-refractivity contribution is 5.87. The standard InChI is InChI=1S/C18H21NO3/c1-13(22-2)11-14-3-5-15(6-4-14)12-19-17-9-7-16(8-10-17)18(20)21/h3-10,13,19H,11-12H2,1-2H3,(H,20,21). The number of ether oxygens (including phenoxy) is 1. The number of methoxy groups -OCH3 is 1. The summed E-state index contributed by atoms with van der Waals surface area (Å²) in [6, 6.07) is 15.2. The van der Waals surface area contributed by atoms with Crippen molar-refractivity contribution in [3.63, 3.8) is 0 Å². The Labute approximate surface area is 130 Å². The van der Waals surface area contributed by atoms with Gasteiger partial charge >= 0.3 is 5.97 Å². The average Bonchev–Trinajstić information content (AvgIpc) is 2.54. The van der Waals surface area contributed by atoms with Gasteiger partial charge in [-0.25, -0.2) is 4.79 Å². The summed E-state index contributed by atoms with van der Waals surface area (Å²) in [7, 11) is 1.72. The van der Waals surface area contributed by atoms with E-state index in [2.05, 4.69) is 36.5 Å². The van der Waals surface area contributed by atoms with Crippen LogP contribution in [0.5, 0.6) is 0 Å². The molecule has 0 heterocycles. The molecule has 0 amide bonds. The van der Waals surface area contributed by atoms with E-state index < -0.39 is 5.97 Å². The normalized spacial score (nSPS) is 11.9. The third-order valence-electron chi connectivity index (χ3n) is 3.58. The van der Waals surface area contributed by atoms with Crippen molar-refractivity contribution >= 4 is 11.7 Å². The topological polar surface area (TPSA) is 58.6 Å². The van der Waals surface area contributed by atoms with Crippen LogP contribution in [-0.4, -0.2) is 24.3 Å². The van der Waals surface area contributed by atoms with Gasteiger partial charge < -0.3 is 15.2 Å². The molecule has 116 valence electrons. The number of benzene rings is 2. The van der Waals surface area contributed by atoms with Crippen molar-refractivity contribution in [3.05, 3.63) is 65.2 Å². The maximum Gasteiger partial charge on any atom is 0.335 e. The molecular formula is C18H21NO3. The molecule has 0 aliphatic rings. The minimum Gasteiger partial charge on any atom is -0.478 e. The van der Waals surface area contributed by atoms with Crippen LogP contribution in [-0.2, 0) is 17.7 Å². The SMILES string of the molecule is COC(C)Cc1ccc(CNc2ccc(C(=O)O)cc2)cc1. The molecular weight excluding hydrogens is 278 g/mol. The molecule has 1 atom stereocenters. The maximum atomic E-state index is 10.8. The smallest absolute Gasteiger partial charge is 0.335 e. The molecule has 1 unspecified atom stereocenters. The average molecular weight is 299 g/mol. The molecule has 0 aliphatic carbocycles. The number of carboxylic acids is 1. The first-order chi connectivity index (χ1) is 10.6. The van der Waals surface area contributed by atoms with Crippen LogP contribution in [0.25, 0.3) is 0 Å². The summed E-state index contributed by atoms with van der Waals surface area (Å²) in [5.41, 5.74) is 3.63. The second-order valence-electron chi connectivity index (χ2n) is 5.30. The van der Waals surface area contributed by atoms with Crippen LogP contribution in [0, 0.1) is 0 Å². The van der Waals surface area contributed by atoms with Gasteiger partial charge in [0.05, 0.1) is 11.7 Å². The number of hydrogen-bond donors (Lipinski definition) is 2. The van der Waals surface area contributed by atoms with Crippen molar-refractivity contribution in [3.8, 4) is 0 Å². The van der Waals surface area contributed by atoms with Gasteiger partial charge in [-0.15, -0.1) is 0 Å². The summed E-state index contributed by atoms with van der Waals surface area (Å²) in [6.07, 6.45) is 1.12. The quantitative estimate of drug-likeness (QED) is 0.820. The molecule has 0 radical (unpaired) electrons. The Hall–Kier alpha value is -2.33. The van der Waals surface area contributed by atoms with Crippen LogP contribution in [0.4, 0.5) is 5.69 Å². The van der Waals surface area contributed by atoms with E-state index in [-0.39, 0.29) is 6.10 Å². The van der Waals surface area contributed by atoms with Crippen molar-refractivity contribution in [2.24, 2.45) is 0 Å². The van der Waals surface area contributed by atoms with E-state index in [4.69, 9.17) is 9.84 Å². The van der Waals surface area contributed by atoms with Crippen molar-refractivity contribution in [1.29, 1.82) is 0 Å². The highest BCUT2D eigenvalue weighted by Gasteiger charge is 2.03. The first-order valence-electron chi connectivity index (χ1n) is 7.26. The first-order valence-corrected chi connectivity index (χ1v) is 7.26. The maximum absolute atomic E-state index is 10.8. The van der Waals surface area contributed by atoms with Crippen LogP contribution >= 0.6 is 0 Å². The van der Waals surface area contributed by atoms with Crippen molar-refractivity contribution in [2.75, 3.05) is 12.4 Å². The number of aromatic carboxylic acids is 1. The van der Waals surface area contributed by atoms with Gasteiger partial charge in [-0.3, -0.25) is 0 Å². The van der Waals surface area contributed by atoms with E-state index in [1.165, 1.54) is 11.1 Å². The Morgan fingerprint density at radius 1 is 1.09 bits per heavy atom. The van der Waals surface area contributed by atoms with Gasteiger partial charge in [-0.1, -0.05) is 24.3 Å². The zero-order valence-electron chi connectivity index (χ0n) is 12.9. The molecule has 2 aromatic carbocycles. The van der Waals surface area contributed by atoms with E-state index in [1.54, 1.807) is 31.4 Å². The van der Waals surface area contributed by atoms with Crippen molar-refractivity contribution in [1.82, 2.24) is 0 Å². The predicted octanol–water partition coefficient (Wildman–Crippen LogP) is 3.57. The van der Waals surface area contributed by atoms with E-state index in [0.717, 1.165) is 12.1 Å². The van der Waals surface area contributed by atoms with E-state index in [1.807, 2.05) is 0 Å². The summed E-state index contributed by atoms with van der Waals surface area (Å²) in [6.45, 7) is 2.75. The Kier molecular flexibility index (Phi) is 5.55. The molecule has 2 rings (SSSR count). The Morgan fingerprint density at radius 2 is 1.68 bits per heavy atom. The predicted molar refractivity (Wildman–Crippen MR) is 87.3 cm³/mol. The molecule has 0 saturated carbocycles. The second kappa shape index (κ2) is 7.61. The highest BCUT2D eigenvalue weighted by Crippen LogP contribution is 2.13. The van der Waals surface area contributed by atoms with Crippen LogP contribution in [0.15, 0.2) is 48.5 Å². The lowest BCUT2D eigenvalue weighted by atomic mass is 10.1. The Bertz CT molecular complexity index is 605. The van der Waals surface area contributed by atoms with E-state index in [0.29, 0.717) is 12.1 Å².